The predicted molar refractivity (Wildman–Crippen MR) is 234 cm³/mol. The lowest BCUT2D eigenvalue weighted by Crippen LogP contribution is -2.60. The van der Waals surface area contributed by atoms with E-state index in [1.807, 2.05) is 133 Å². The number of pyridine rings is 2. The van der Waals surface area contributed by atoms with Gasteiger partial charge < -0.3 is 30.4 Å². The zero-order valence-corrected chi connectivity index (χ0v) is 36.3. The Morgan fingerprint density at radius 1 is 0.885 bits per heavy atom. The van der Waals surface area contributed by atoms with Crippen molar-refractivity contribution in [2.75, 3.05) is 32.7 Å². The molecule has 61 heavy (non-hydrogen) atoms. The molecule has 0 aliphatic carbocycles. The lowest BCUT2D eigenvalue weighted by atomic mass is 9.85. The molecule has 4 N–H and O–H groups in total. The van der Waals surface area contributed by atoms with Gasteiger partial charge in [0.1, 0.15) is 12.1 Å². The van der Waals surface area contributed by atoms with E-state index in [4.69, 9.17) is 0 Å². The fraction of sp³-hybridized carbons (Fsp3) is 0.447. The van der Waals surface area contributed by atoms with Crippen LogP contribution >= 0.6 is 0 Å². The van der Waals surface area contributed by atoms with Crippen LogP contribution in [-0.4, -0.2) is 116 Å². The number of nitrogens with zero attached hydrogens (tertiary/aromatic N) is 6. The summed E-state index contributed by atoms with van der Waals surface area (Å²) in [6.07, 6.45) is 1.50. The maximum absolute atomic E-state index is 14.6. The van der Waals surface area contributed by atoms with Gasteiger partial charge in [-0.2, -0.15) is 0 Å². The molecule has 2 fully saturated rings. The molecule has 14 nitrogen and oxygen atoms in total. The first-order chi connectivity index (χ1) is 29.2. The number of aliphatic hydroxyl groups is 1. The highest BCUT2D eigenvalue weighted by Crippen LogP contribution is 2.27. The van der Waals surface area contributed by atoms with E-state index < -0.39 is 29.6 Å². The molecule has 0 spiro atoms. The lowest BCUT2D eigenvalue weighted by molar-refractivity contribution is -0.135. The number of urea groups is 2. The zero-order valence-electron chi connectivity index (χ0n) is 36.3. The largest absolute Gasteiger partial charge is 0.390 e. The van der Waals surface area contributed by atoms with Crippen molar-refractivity contribution in [3.63, 3.8) is 0 Å². The Balaban J connectivity index is 1.26. The van der Waals surface area contributed by atoms with Gasteiger partial charge >= 0.3 is 12.1 Å². The third kappa shape index (κ3) is 11.5. The van der Waals surface area contributed by atoms with Crippen LogP contribution in [0.5, 0.6) is 0 Å². The third-order valence-electron chi connectivity index (χ3n) is 11.5. The summed E-state index contributed by atoms with van der Waals surface area (Å²) in [5.74, 6) is -0.926. The van der Waals surface area contributed by atoms with E-state index in [-0.39, 0.29) is 42.9 Å². The number of carbonyl (C=O) groups is 4. The highest BCUT2D eigenvalue weighted by molar-refractivity contribution is 5.89. The maximum atomic E-state index is 14.6. The molecule has 6 rings (SSSR count). The van der Waals surface area contributed by atoms with Gasteiger partial charge in [0, 0.05) is 56.7 Å². The van der Waals surface area contributed by atoms with Gasteiger partial charge in [-0.1, -0.05) is 108 Å². The van der Waals surface area contributed by atoms with Crippen LogP contribution in [0.4, 0.5) is 9.59 Å². The number of aryl methyl sites for hydroxylation is 1. The highest BCUT2D eigenvalue weighted by atomic mass is 16.3. The quantitative estimate of drug-likeness (QED) is 0.1000. The number of carbonyl (C=O) groups excluding carboxylic acids is 4. The van der Waals surface area contributed by atoms with Crippen molar-refractivity contribution < 1.29 is 24.3 Å². The Labute approximate surface area is 359 Å². The normalized spacial score (nSPS) is 16.9. The molecular formula is C47H61N9O5. The van der Waals surface area contributed by atoms with Gasteiger partial charge in [0.25, 0.3) is 5.91 Å². The summed E-state index contributed by atoms with van der Waals surface area (Å²) < 4.78 is 0. The van der Waals surface area contributed by atoms with Gasteiger partial charge in [-0.15, -0.1) is 0 Å². The SMILES string of the molecule is CCC(C)C(C(=O)NC(Cc1ccccc1)C(O)CN(Cc1ccc(-c2ccccn2)cc1)NC(=O)C(N1CCNC1=O)C(C)(C)C)N1CCN(Cc2cccc(C)n2)C1=O. The number of aromatic nitrogens is 2. The molecule has 5 unspecified atom stereocenters. The number of hydrogen-bond donors (Lipinski definition) is 4. The van der Waals surface area contributed by atoms with Gasteiger partial charge in [0.2, 0.25) is 5.91 Å². The number of hydrazine groups is 1. The minimum atomic E-state index is -1.18. The molecule has 0 bridgehead atoms. The van der Waals surface area contributed by atoms with E-state index in [1.165, 1.54) is 0 Å². The van der Waals surface area contributed by atoms with E-state index in [0.29, 0.717) is 45.6 Å². The van der Waals surface area contributed by atoms with Gasteiger partial charge in [-0.25, -0.2) is 14.6 Å². The molecule has 2 aromatic heterocycles. The third-order valence-corrected chi connectivity index (χ3v) is 11.5. The molecule has 0 radical (unpaired) electrons. The number of hydrogen-bond acceptors (Lipinski definition) is 8. The van der Waals surface area contributed by atoms with Crippen molar-refractivity contribution in [3.8, 4) is 11.3 Å². The number of aliphatic hydroxyl groups excluding tert-OH is 1. The molecule has 4 aromatic rings. The Hall–Kier alpha value is -5.86. The van der Waals surface area contributed by atoms with Crippen LogP contribution in [-0.2, 0) is 29.1 Å². The van der Waals surface area contributed by atoms with Crippen molar-refractivity contribution >= 4 is 23.9 Å². The average Bonchev–Trinajstić information content (AvgIpc) is 3.81. The topological polar surface area (TPSA) is 163 Å². The molecule has 2 saturated heterocycles. The molecule has 0 saturated carbocycles. The molecule has 2 aliphatic heterocycles. The van der Waals surface area contributed by atoms with Crippen LogP contribution in [0.15, 0.2) is 97.2 Å². The van der Waals surface area contributed by atoms with E-state index >= 15 is 0 Å². The molecule has 6 amide bonds. The highest BCUT2D eigenvalue weighted by Gasteiger charge is 2.43. The number of nitrogens with one attached hydrogen (secondary N) is 3. The lowest BCUT2D eigenvalue weighted by Gasteiger charge is -2.38. The zero-order chi connectivity index (χ0) is 43.7. The molecular weight excluding hydrogens is 771 g/mol. The second kappa shape index (κ2) is 20.1. The first kappa shape index (κ1) is 44.7. The molecule has 4 heterocycles. The standard InChI is InChI=1S/C47H61N9O5/c1-7-32(2)41(55-27-26-53(46(55)61)30-37-17-13-14-33(3)50-37)43(58)51-39(28-34-15-9-8-10-16-34)40(57)31-54(29-35-19-21-36(22-20-35)38-18-11-12-23-48-38)52-44(59)42(47(4,5)6)56-25-24-49-45(56)60/h8-23,32,39-42,57H,7,24-31H2,1-6H3,(H,49,60)(H,51,58)(H,52,59). The fourth-order valence-electron chi connectivity index (χ4n) is 8.23. The van der Waals surface area contributed by atoms with Crippen molar-refractivity contribution in [1.82, 2.24) is 45.7 Å². The summed E-state index contributed by atoms with van der Waals surface area (Å²) in [4.78, 5) is 69.7. The fourth-order valence-corrected chi connectivity index (χ4v) is 8.23. The van der Waals surface area contributed by atoms with Crippen LogP contribution in [0.2, 0.25) is 0 Å². The minimum Gasteiger partial charge on any atom is -0.390 e. The van der Waals surface area contributed by atoms with Crippen molar-refractivity contribution in [1.29, 1.82) is 0 Å². The first-order valence-corrected chi connectivity index (χ1v) is 21.3. The molecule has 2 aliphatic rings. The van der Waals surface area contributed by atoms with Crippen LogP contribution in [0.1, 0.15) is 63.6 Å². The molecule has 324 valence electrons. The van der Waals surface area contributed by atoms with Crippen LogP contribution in [0.25, 0.3) is 11.3 Å². The summed E-state index contributed by atoms with van der Waals surface area (Å²) in [6, 6.07) is 26.0. The average molecular weight is 832 g/mol. The van der Waals surface area contributed by atoms with Gasteiger partial charge in [0.15, 0.2) is 0 Å². The maximum Gasteiger partial charge on any atom is 0.321 e. The van der Waals surface area contributed by atoms with E-state index in [0.717, 1.165) is 33.8 Å². The van der Waals surface area contributed by atoms with Crippen molar-refractivity contribution in [2.24, 2.45) is 11.3 Å². The summed E-state index contributed by atoms with van der Waals surface area (Å²) in [7, 11) is 0. The monoisotopic (exact) mass is 831 g/mol. The van der Waals surface area contributed by atoms with Crippen molar-refractivity contribution in [2.45, 2.75) is 91.7 Å². The summed E-state index contributed by atoms with van der Waals surface area (Å²) in [6.45, 7) is 13.8. The summed E-state index contributed by atoms with van der Waals surface area (Å²) >= 11 is 0. The number of rotatable bonds is 18. The molecule has 14 heteroatoms. The van der Waals surface area contributed by atoms with Gasteiger partial charge in [0.05, 0.1) is 30.1 Å². The summed E-state index contributed by atoms with van der Waals surface area (Å²) in [5.41, 5.74) is 7.62. The minimum absolute atomic E-state index is 0.0670. The van der Waals surface area contributed by atoms with Crippen molar-refractivity contribution in [3.05, 3.63) is 120 Å². The van der Waals surface area contributed by atoms with E-state index in [9.17, 15) is 24.3 Å². The second-order valence-corrected chi connectivity index (χ2v) is 17.3. The van der Waals surface area contributed by atoms with Crippen LogP contribution in [0, 0.1) is 18.3 Å². The second-order valence-electron chi connectivity index (χ2n) is 17.3. The molecule has 2 aromatic carbocycles. The van der Waals surface area contributed by atoms with Crippen LogP contribution < -0.4 is 16.1 Å². The Morgan fingerprint density at radius 2 is 1.62 bits per heavy atom. The van der Waals surface area contributed by atoms with E-state index in [2.05, 4.69) is 26.0 Å². The van der Waals surface area contributed by atoms with Gasteiger partial charge in [-0.05, 0) is 60.1 Å². The Kier molecular flexibility index (Phi) is 14.7. The Bertz CT molecular complexity index is 2100. The van der Waals surface area contributed by atoms with Crippen LogP contribution in [0.3, 0.4) is 0 Å². The van der Waals surface area contributed by atoms with Gasteiger partial charge in [-0.3, -0.25) is 25.0 Å². The smallest absolute Gasteiger partial charge is 0.321 e. The molecule has 5 atom stereocenters. The van der Waals surface area contributed by atoms with E-state index in [1.54, 1.807) is 25.9 Å². The summed E-state index contributed by atoms with van der Waals surface area (Å²) in [5, 5.41) is 19.9. The number of benzene rings is 2. The number of amides is 6. The first-order valence-electron chi connectivity index (χ1n) is 21.3. The Morgan fingerprint density at radius 3 is 2.26 bits per heavy atom. The predicted octanol–water partition coefficient (Wildman–Crippen LogP) is 5.17.